The molecular formula is C19H18F5N3O2S. The van der Waals surface area contributed by atoms with Gasteiger partial charge in [-0.05, 0) is 37.1 Å². The summed E-state index contributed by atoms with van der Waals surface area (Å²) in [6.45, 7) is -0.187. The number of benzene rings is 1. The molecule has 2 aromatic rings. The van der Waals surface area contributed by atoms with Gasteiger partial charge in [-0.15, -0.1) is 0 Å². The van der Waals surface area contributed by atoms with Gasteiger partial charge in [0.25, 0.3) is 16.1 Å². The third kappa shape index (κ3) is 3.38. The highest BCUT2D eigenvalue weighted by atomic mass is 32.2. The SMILES string of the molecule is NS(=O)(=O)N1CCC2(CC1)[C@H](c1cccc(-c3ccc(C(F)(F)F)cc3)n1)C2(F)F. The smallest absolute Gasteiger partial charge is 0.252 e. The van der Waals surface area contributed by atoms with Gasteiger partial charge >= 0.3 is 6.18 Å². The Morgan fingerprint density at radius 1 is 1.03 bits per heavy atom. The number of hydrogen-bond acceptors (Lipinski definition) is 3. The molecule has 11 heteroatoms. The summed E-state index contributed by atoms with van der Waals surface area (Å²) < 4.78 is 91.7. The van der Waals surface area contributed by atoms with Gasteiger partial charge in [-0.25, -0.2) is 13.9 Å². The zero-order valence-electron chi connectivity index (χ0n) is 15.5. The zero-order valence-corrected chi connectivity index (χ0v) is 16.4. The summed E-state index contributed by atoms with van der Waals surface area (Å²) in [6, 6.07) is 8.88. The van der Waals surface area contributed by atoms with Crippen molar-refractivity contribution >= 4 is 10.2 Å². The maximum absolute atomic E-state index is 14.8. The molecule has 30 heavy (non-hydrogen) atoms. The molecule has 0 radical (unpaired) electrons. The Balaban J connectivity index is 1.59. The number of alkyl halides is 5. The summed E-state index contributed by atoms with van der Waals surface area (Å²) in [5.41, 5.74) is -1.38. The lowest BCUT2D eigenvalue weighted by atomic mass is 9.90. The van der Waals surface area contributed by atoms with Crippen LogP contribution >= 0.6 is 0 Å². The first-order chi connectivity index (χ1) is 13.9. The molecule has 1 aliphatic heterocycles. The van der Waals surface area contributed by atoms with Crippen LogP contribution in [0.2, 0.25) is 0 Å². The van der Waals surface area contributed by atoms with E-state index in [9.17, 15) is 30.4 Å². The topological polar surface area (TPSA) is 76.3 Å². The Kier molecular flexibility index (Phi) is 4.72. The standard InChI is InChI=1S/C19H18F5N3O2S/c20-18(21)16(17(18)8-10-27(11-9-17)30(25,28)29)15-3-1-2-14(26-15)12-4-6-13(7-5-12)19(22,23)24/h1-7,16H,8-11H2,(H2,25,28,29)/t16-/m0/s1. The first kappa shape index (κ1) is 21.1. The monoisotopic (exact) mass is 447 g/mol. The highest BCUT2D eigenvalue weighted by molar-refractivity contribution is 7.86. The van der Waals surface area contributed by atoms with Gasteiger partial charge in [0.05, 0.1) is 28.3 Å². The molecule has 5 nitrogen and oxygen atoms in total. The summed E-state index contributed by atoms with van der Waals surface area (Å²) in [4.78, 5) is 4.29. The molecule has 162 valence electrons. The molecule has 2 aliphatic rings. The summed E-state index contributed by atoms with van der Waals surface area (Å²) in [5, 5.41) is 5.08. The van der Waals surface area contributed by atoms with Crippen LogP contribution in [0.5, 0.6) is 0 Å². The summed E-state index contributed by atoms with van der Waals surface area (Å²) in [5.74, 6) is -4.23. The van der Waals surface area contributed by atoms with Crippen LogP contribution in [0.1, 0.15) is 30.0 Å². The molecule has 1 saturated heterocycles. The van der Waals surface area contributed by atoms with Crippen LogP contribution in [0.25, 0.3) is 11.3 Å². The molecule has 0 bridgehead atoms. The van der Waals surface area contributed by atoms with Crippen molar-refractivity contribution in [2.24, 2.45) is 10.6 Å². The van der Waals surface area contributed by atoms with E-state index in [1.165, 1.54) is 24.3 Å². The van der Waals surface area contributed by atoms with Crippen LogP contribution in [-0.2, 0) is 16.4 Å². The highest BCUT2D eigenvalue weighted by Gasteiger charge is 2.81. The molecule has 1 spiro atoms. The lowest BCUT2D eigenvalue weighted by Crippen LogP contribution is -2.43. The molecular weight excluding hydrogens is 429 g/mol. The van der Waals surface area contributed by atoms with Gasteiger partial charge in [0, 0.05) is 18.7 Å². The van der Waals surface area contributed by atoms with Crippen LogP contribution < -0.4 is 5.14 Å². The second-order valence-corrected chi connectivity index (χ2v) is 9.23. The minimum atomic E-state index is -4.47. The van der Waals surface area contributed by atoms with Crippen LogP contribution in [-0.4, -0.2) is 36.7 Å². The second kappa shape index (κ2) is 6.69. The van der Waals surface area contributed by atoms with Gasteiger partial charge in [-0.1, -0.05) is 18.2 Å². The van der Waals surface area contributed by atoms with Crippen LogP contribution in [0, 0.1) is 5.41 Å². The Bertz CT molecular complexity index is 1060. The largest absolute Gasteiger partial charge is 0.416 e. The maximum Gasteiger partial charge on any atom is 0.416 e. The van der Waals surface area contributed by atoms with Crippen molar-refractivity contribution in [2.45, 2.75) is 30.9 Å². The van der Waals surface area contributed by atoms with Crippen molar-refractivity contribution < 1.29 is 30.4 Å². The van der Waals surface area contributed by atoms with E-state index < -0.39 is 39.2 Å². The summed E-state index contributed by atoms with van der Waals surface area (Å²) >= 11 is 0. The van der Waals surface area contributed by atoms with Gasteiger partial charge in [-0.2, -0.15) is 25.9 Å². The molecule has 0 amide bonds. The van der Waals surface area contributed by atoms with E-state index in [0.29, 0.717) is 11.3 Å². The van der Waals surface area contributed by atoms with E-state index in [-0.39, 0.29) is 31.6 Å². The van der Waals surface area contributed by atoms with Gasteiger partial charge in [0.15, 0.2) is 0 Å². The maximum atomic E-state index is 14.8. The van der Waals surface area contributed by atoms with Gasteiger partial charge in [-0.3, -0.25) is 4.98 Å². The second-order valence-electron chi connectivity index (χ2n) is 7.68. The molecule has 1 aromatic carbocycles. The molecule has 2 N–H and O–H groups in total. The van der Waals surface area contributed by atoms with Crippen molar-refractivity contribution in [1.29, 1.82) is 0 Å². The number of piperidine rings is 1. The molecule has 1 aromatic heterocycles. The number of nitrogens with two attached hydrogens (primary N) is 1. The van der Waals surface area contributed by atoms with E-state index in [0.717, 1.165) is 16.4 Å². The fourth-order valence-electron chi connectivity index (χ4n) is 4.34. The fourth-order valence-corrected chi connectivity index (χ4v) is 5.03. The number of pyridine rings is 1. The molecule has 1 atom stereocenters. The van der Waals surface area contributed by atoms with E-state index in [1.807, 2.05) is 0 Å². The number of rotatable bonds is 3. The quantitative estimate of drug-likeness (QED) is 0.728. The summed E-state index contributed by atoms with van der Waals surface area (Å²) in [6.07, 6.45) is -4.57. The van der Waals surface area contributed by atoms with Gasteiger partial charge < -0.3 is 0 Å². The zero-order chi connectivity index (χ0) is 21.9. The third-order valence-corrected chi connectivity index (χ3v) is 7.13. The Morgan fingerprint density at radius 3 is 2.17 bits per heavy atom. The average molecular weight is 447 g/mol. The van der Waals surface area contributed by atoms with E-state index in [1.54, 1.807) is 6.07 Å². The number of aromatic nitrogens is 1. The number of hydrogen-bond donors (Lipinski definition) is 1. The fraction of sp³-hybridized carbons (Fsp3) is 0.421. The van der Waals surface area contributed by atoms with E-state index >= 15 is 0 Å². The Hall–Kier alpha value is -2.11. The van der Waals surface area contributed by atoms with Gasteiger partial charge in [0.1, 0.15) is 0 Å². The molecule has 2 heterocycles. The van der Waals surface area contributed by atoms with Gasteiger partial charge in [0.2, 0.25) is 0 Å². The normalized spacial score (nSPS) is 23.5. The lowest BCUT2D eigenvalue weighted by molar-refractivity contribution is -0.137. The Morgan fingerprint density at radius 2 is 1.63 bits per heavy atom. The van der Waals surface area contributed by atoms with Crippen molar-refractivity contribution in [1.82, 2.24) is 9.29 Å². The minimum Gasteiger partial charge on any atom is -0.252 e. The predicted molar refractivity (Wildman–Crippen MR) is 98.7 cm³/mol. The molecule has 2 fully saturated rings. The molecule has 1 saturated carbocycles. The van der Waals surface area contributed by atoms with Crippen LogP contribution in [0.15, 0.2) is 42.5 Å². The van der Waals surface area contributed by atoms with Crippen LogP contribution in [0.4, 0.5) is 22.0 Å². The lowest BCUT2D eigenvalue weighted by Gasteiger charge is -2.30. The van der Waals surface area contributed by atoms with Crippen molar-refractivity contribution in [3.05, 3.63) is 53.7 Å². The van der Waals surface area contributed by atoms with E-state index in [4.69, 9.17) is 5.14 Å². The number of halogens is 5. The Labute approximate surface area is 169 Å². The summed E-state index contributed by atoms with van der Waals surface area (Å²) in [7, 11) is -3.93. The van der Waals surface area contributed by atoms with Crippen LogP contribution in [0.3, 0.4) is 0 Å². The minimum absolute atomic E-state index is 0.0483. The molecule has 4 rings (SSSR count). The molecule has 1 aliphatic carbocycles. The predicted octanol–water partition coefficient (Wildman–Crippen LogP) is 3.79. The third-order valence-electron chi connectivity index (χ3n) is 6.04. The van der Waals surface area contributed by atoms with Crippen molar-refractivity contribution in [2.75, 3.05) is 13.1 Å². The van der Waals surface area contributed by atoms with Crippen molar-refractivity contribution in [3.8, 4) is 11.3 Å². The number of nitrogens with zero attached hydrogens (tertiary/aromatic N) is 2. The first-order valence-electron chi connectivity index (χ1n) is 9.16. The molecule has 0 unspecified atom stereocenters. The average Bonchev–Trinajstić information content (AvgIpc) is 3.14. The first-order valence-corrected chi connectivity index (χ1v) is 10.7. The van der Waals surface area contributed by atoms with E-state index in [2.05, 4.69) is 4.98 Å². The van der Waals surface area contributed by atoms with Crippen molar-refractivity contribution in [3.63, 3.8) is 0 Å². The highest BCUT2D eigenvalue weighted by Crippen LogP contribution is 2.75.